The fourth-order valence-corrected chi connectivity index (χ4v) is 2.77. The van der Waals surface area contributed by atoms with Gasteiger partial charge in [0.25, 0.3) is 0 Å². The van der Waals surface area contributed by atoms with Crippen LogP contribution >= 0.6 is 0 Å². The number of alkyl halides is 3. The van der Waals surface area contributed by atoms with Crippen LogP contribution in [0, 0.1) is 0 Å². The molecule has 1 heterocycles. The van der Waals surface area contributed by atoms with Gasteiger partial charge in [-0.15, -0.1) is 0 Å². The largest absolute Gasteiger partial charge is 0.460 e. The van der Waals surface area contributed by atoms with Crippen LogP contribution < -0.4 is 4.90 Å². The second kappa shape index (κ2) is 7.55. The lowest BCUT2D eigenvalue weighted by Gasteiger charge is -2.37. The molecule has 0 radical (unpaired) electrons. The average Bonchev–Trinajstić information content (AvgIpc) is 2.50. The van der Waals surface area contributed by atoms with Gasteiger partial charge in [0.1, 0.15) is 18.2 Å². The van der Waals surface area contributed by atoms with Crippen molar-refractivity contribution in [2.75, 3.05) is 11.5 Å². The number of hydrogen-bond donors (Lipinski definition) is 0. The molecule has 0 aliphatic carbocycles. The number of para-hydroxylation sites is 1. The van der Waals surface area contributed by atoms with E-state index in [0.29, 0.717) is 10.5 Å². The second-order valence-electron chi connectivity index (χ2n) is 7.05. The van der Waals surface area contributed by atoms with Gasteiger partial charge in [-0.25, -0.2) is 4.79 Å². The van der Waals surface area contributed by atoms with Crippen LogP contribution in [0.3, 0.4) is 0 Å². The summed E-state index contributed by atoms with van der Waals surface area (Å²) >= 11 is 0. The summed E-state index contributed by atoms with van der Waals surface area (Å²) in [5, 5.41) is 0. The standard InChI is InChI=1S/C18H22F3NO4/c1-17(2,3)26-15(23)10-11-25-16(24)22-13-7-5-4-6-12(13)8-9-14(22)18(19,20)21/h4-7,14H,8-11H2,1-3H3. The number of halogens is 3. The number of hydrogen-bond acceptors (Lipinski definition) is 4. The Bertz CT molecular complexity index is 667. The number of nitrogens with zero attached hydrogens (tertiary/aromatic N) is 1. The summed E-state index contributed by atoms with van der Waals surface area (Å²) in [4.78, 5) is 24.6. The molecule has 1 aliphatic rings. The summed E-state index contributed by atoms with van der Waals surface area (Å²) < 4.78 is 50.1. The van der Waals surface area contributed by atoms with Gasteiger partial charge >= 0.3 is 18.2 Å². The molecular formula is C18H22F3NO4. The van der Waals surface area contributed by atoms with Crippen LogP contribution in [0.4, 0.5) is 23.7 Å². The Hall–Kier alpha value is -2.25. The molecule has 0 spiro atoms. The lowest BCUT2D eigenvalue weighted by Crippen LogP contribution is -2.52. The van der Waals surface area contributed by atoms with Crippen LogP contribution in [0.2, 0.25) is 0 Å². The molecule has 8 heteroatoms. The summed E-state index contributed by atoms with van der Waals surface area (Å²) in [6.07, 6.45) is -5.93. The molecule has 0 aromatic heterocycles. The molecule has 0 N–H and O–H groups in total. The van der Waals surface area contributed by atoms with Gasteiger partial charge in [-0.1, -0.05) is 18.2 Å². The zero-order valence-corrected chi connectivity index (χ0v) is 14.9. The van der Waals surface area contributed by atoms with Crippen molar-refractivity contribution in [3.63, 3.8) is 0 Å². The monoisotopic (exact) mass is 373 g/mol. The molecule has 2 rings (SSSR count). The predicted molar refractivity (Wildman–Crippen MR) is 88.9 cm³/mol. The topological polar surface area (TPSA) is 55.8 Å². The number of amides is 1. The maximum atomic E-state index is 13.4. The molecule has 1 unspecified atom stereocenters. The molecular weight excluding hydrogens is 351 g/mol. The van der Waals surface area contributed by atoms with Crippen molar-refractivity contribution in [1.82, 2.24) is 0 Å². The smallest absolute Gasteiger partial charge is 0.414 e. The maximum absolute atomic E-state index is 13.4. The Morgan fingerprint density at radius 1 is 1.19 bits per heavy atom. The van der Waals surface area contributed by atoms with Crippen LogP contribution in [0.25, 0.3) is 0 Å². The van der Waals surface area contributed by atoms with E-state index in [1.165, 1.54) is 6.07 Å². The highest BCUT2D eigenvalue weighted by atomic mass is 19.4. The minimum Gasteiger partial charge on any atom is -0.460 e. The second-order valence-corrected chi connectivity index (χ2v) is 7.05. The van der Waals surface area contributed by atoms with Crippen molar-refractivity contribution in [2.45, 2.75) is 57.9 Å². The number of esters is 1. The van der Waals surface area contributed by atoms with Crippen LogP contribution in [-0.4, -0.2) is 36.5 Å². The Morgan fingerprint density at radius 3 is 2.46 bits per heavy atom. The van der Waals surface area contributed by atoms with Crippen molar-refractivity contribution in [1.29, 1.82) is 0 Å². The predicted octanol–water partition coefficient (Wildman–Crippen LogP) is 4.24. The highest BCUT2D eigenvalue weighted by Gasteiger charge is 2.48. The number of fused-ring (bicyclic) bond motifs is 1. The normalized spacial score (nSPS) is 17.5. The maximum Gasteiger partial charge on any atom is 0.414 e. The van der Waals surface area contributed by atoms with Gasteiger partial charge in [0, 0.05) is 0 Å². The number of benzene rings is 1. The fraction of sp³-hybridized carbons (Fsp3) is 0.556. The Balaban J connectivity index is 2.08. The van der Waals surface area contributed by atoms with E-state index in [2.05, 4.69) is 0 Å². The molecule has 0 bridgehead atoms. The third kappa shape index (κ3) is 5.12. The molecule has 26 heavy (non-hydrogen) atoms. The summed E-state index contributed by atoms with van der Waals surface area (Å²) in [5.41, 5.74) is 0.148. The third-order valence-corrected chi connectivity index (χ3v) is 3.78. The third-order valence-electron chi connectivity index (χ3n) is 3.78. The van der Waals surface area contributed by atoms with Gasteiger partial charge in [-0.2, -0.15) is 13.2 Å². The SMILES string of the molecule is CC(C)(C)OC(=O)CCOC(=O)N1c2ccccc2CCC1C(F)(F)F. The van der Waals surface area contributed by atoms with Gasteiger partial charge < -0.3 is 9.47 Å². The molecule has 1 amide bonds. The van der Waals surface area contributed by atoms with Crippen molar-refractivity contribution in [2.24, 2.45) is 0 Å². The number of carbonyl (C=O) groups excluding carboxylic acids is 2. The van der Waals surface area contributed by atoms with E-state index < -0.39 is 29.9 Å². The van der Waals surface area contributed by atoms with E-state index in [1.54, 1.807) is 39.0 Å². The zero-order valence-electron chi connectivity index (χ0n) is 14.9. The first-order chi connectivity index (χ1) is 12.0. The first-order valence-electron chi connectivity index (χ1n) is 8.31. The molecule has 1 aliphatic heterocycles. The Labute approximate surface area is 150 Å². The number of ether oxygens (including phenoxy) is 2. The number of anilines is 1. The van der Waals surface area contributed by atoms with E-state index in [-0.39, 0.29) is 31.6 Å². The number of aryl methyl sites for hydroxylation is 1. The summed E-state index contributed by atoms with van der Waals surface area (Å²) in [5.74, 6) is -0.586. The minimum atomic E-state index is -4.57. The van der Waals surface area contributed by atoms with E-state index >= 15 is 0 Å². The Kier molecular flexibility index (Phi) is 5.83. The lowest BCUT2D eigenvalue weighted by molar-refractivity contribution is -0.156. The average molecular weight is 373 g/mol. The molecule has 144 valence electrons. The number of carbonyl (C=O) groups is 2. The summed E-state index contributed by atoms with van der Waals surface area (Å²) in [7, 11) is 0. The molecule has 1 atom stereocenters. The highest BCUT2D eigenvalue weighted by Crippen LogP contribution is 2.38. The molecule has 0 saturated carbocycles. The van der Waals surface area contributed by atoms with Crippen LogP contribution in [0.15, 0.2) is 24.3 Å². The van der Waals surface area contributed by atoms with E-state index in [1.807, 2.05) is 0 Å². The Morgan fingerprint density at radius 2 is 1.85 bits per heavy atom. The summed E-state index contributed by atoms with van der Waals surface area (Å²) in [6.45, 7) is 4.72. The van der Waals surface area contributed by atoms with E-state index in [9.17, 15) is 22.8 Å². The van der Waals surface area contributed by atoms with Crippen molar-refractivity contribution < 1.29 is 32.2 Å². The van der Waals surface area contributed by atoms with Gasteiger partial charge in [-0.3, -0.25) is 9.69 Å². The number of rotatable bonds is 3. The first-order valence-corrected chi connectivity index (χ1v) is 8.31. The van der Waals surface area contributed by atoms with Crippen molar-refractivity contribution in [3.05, 3.63) is 29.8 Å². The minimum absolute atomic E-state index is 0.184. The molecule has 1 aromatic carbocycles. The summed E-state index contributed by atoms with van der Waals surface area (Å²) in [6, 6.07) is 4.47. The van der Waals surface area contributed by atoms with Gasteiger partial charge in [0.2, 0.25) is 0 Å². The van der Waals surface area contributed by atoms with Gasteiger partial charge in [0.05, 0.1) is 12.1 Å². The fourth-order valence-electron chi connectivity index (χ4n) is 2.77. The van der Waals surface area contributed by atoms with Crippen LogP contribution in [0.5, 0.6) is 0 Å². The van der Waals surface area contributed by atoms with Gasteiger partial charge in [-0.05, 0) is 45.2 Å². The van der Waals surface area contributed by atoms with Crippen molar-refractivity contribution >= 4 is 17.7 Å². The van der Waals surface area contributed by atoms with Gasteiger partial charge in [0.15, 0.2) is 0 Å². The van der Waals surface area contributed by atoms with E-state index in [4.69, 9.17) is 9.47 Å². The highest BCUT2D eigenvalue weighted by molar-refractivity contribution is 5.90. The molecule has 5 nitrogen and oxygen atoms in total. The van der Waals surface area contributed by atoms with E-state index in [0.717, 1.165) is 0 Å². The zero-order chi connectivity index (χ0) is 19.5. The molecule has 1 aromatic rings. The quantitative estimate of drug-likeness (QED) is 0.744. The van der Waals surface area contributed by atoms with Crippen molar-refractivity contribution in [3.8, 4) is 0 Å². The first kappa shape index (κ1) is 20.1. The van der Waals surface area contributed by atoms with Crippen LogP contribution in [0.1, 0.15) is 39.2 Å². The lowest BCUT2D eigenvalue weighted by atomic mass is 9.96. The molecule has 0 saturated heterocycles. The van der Waals surface area contributed by atoms with Crippen LogP contribution in [-0.2, 0) is 20.7 Å². The molecule has 0 fully saturated rings.